The van der Waals surface area contributed by atoms with Crippen molar-refractivity contribution < 1.29 is 4.79 Å². The highest BCUT2D eigenvalue weighted by atomic mass is 79.9. The lowest BCUT2D eigenvalue weighted by Crippen LogP contribution is -2.14. The number of hydrogen-bond donors (Lipinski definition) is 1. The number of rotatable bonds is 3. The van der Waals surface area contributed by atoms with Crippen molar-refractivity contribution in [3.8, 4) is 0 Å². The van der Waals surface area contributed by atoms with Gasteiger partial charge in [0.2, 0.25) is 5.91 Å². The lowest BCUT2D eigenvalue weighted by molar-refractivity contribution is -0.117. The highest BCUT2D eigenvalue weighted by molar-refractivity contribution is 9.10. The minimum absolute atomic E-state index is 0.117. The van der Waals surface area contributed by atoms with Gasteiger partial charge in [0.1, 0.15) is 0 Å². The first-order valence-electron chi connectivity index (χ1n) is 6.35. The zero-order chi connectivity index (χ0) is 13.2. The summed E-state index contributed by atoms with van der Waals surface area (Å²) in [5, 5.41) is 2.97. The molecule has 0 heterocycles. The van der Waals surface area contributed by atoms with E-state index in [0.29, 0.717) is 5.92 Å². The Labute approximate surface area is 121 Å². The maximum absolute atomic E-state index is 12.1. The molecule has 0 saturated heterocycles. The molecule has 1 fully saturated rings. The predicted octanol–water partition coefficient (Wildman–Crippen LogP) is 4.19. The van der Waals surface area contributed by atoms with Gasteiger partial charge in [0.25, 0.3) is 0 Å². The maximum Gasteiger partial charge on any atom is 0.228 e. The van der Waals surface area contributed by atoms with E-state index in [2.05, 4.69) is 33.4 Å². The van der Waals surface area contributed by atoms with E-state index in [1.165, 1.54) is 5.56 Å². The third-order valence-electron chi connectivity index (χ3n) is 3.47. The van der Waals surface area contributed by atoms with Crippen LogP contribution in [0.1, 0.15) is 17.9 Å². The van der Waals surface area contributed by atoms with E-state index in [0.717, 1.165) is 16.6 Å². The van der Waals surface area contributed by atoms with Gasteiger partial charge < -0.3 is 5.32 Å². The van der Waals surface area contributed by atoms with Gasteiger partial charge in [-0.3, -0.25) is 4.79 Å². The van der Waals surface area contributed by atoms with Crippen LogP contribution in [-0.2, 0) is 4.79 Å². The van der Waals surface area contributed by atoms with Gasteiger partial charge in [0.05, 0.1) is 0 Å². The van der Waals surface area contributed by atoms with E-state index in [4.69, 9.17) is 0 Å². The molecule has 0 unspecified atom stereocenters. The molecular weight excluding hydrogens is 302 g/mol. The average molecular weight is 316 g/mol. The largest absolute Gasteiger partial charge is 0.326 e. The lowest BCUT2D eigenvalue weighted by atomic mass is 10.1. The van der Waals surface area contributed by atoms with E-state index in [1.54, 1.807) is 0 Å². The second-order valence-corrected chi connectivity index (χ2v) is 5.77. The molecule has 1 amide bonds. The van der Waals surface area contributed by atoms with Gasteiger partial charge in [0.15, 0.2) is 0 Å². The van der Waals surface area contributed by atoms with Crippen molar-refractivity contribution in [1.82, 2.24) is 0 Å². The van der Waals surface area contributed by atoms with Crippen molar-refractivity contribution in [3.63, 3.8) is 0 Å². The molecule has 0 aliphatic heterocycles. The van der Waals surface area contributed by atoms with E-state index in [9.17, 15) is 4.79 Å². The smallest absolute Gasteiger partial charge is 0.228 e. The third-order valence-corrected chi connectivity index (χ3v) is 4.00. The van der Waals surface area contributed by atoms with Crippen molar-refractivity contribution in [2.75, 3.05) is 5.32 Å². The fourth-order valence-electron chi connectivity index (χ4n) is 2.32. The van der Waals surface area contributed by atoms with Gasteiger partial charge >= 0.3 is 0 Å². The number of carbonyl (C=O) groups excluding carboxylic acids is 1. The van der Waals surface area contributed by atoms with Crippen LogP contribution in [0.3, 0.4) is 0 Å². The first-order valence-corrected chi connectivity index (χ1v) is 7.15. The molecule has 19 heavy (non-hydrogen) atoms. The van der Waals surface area contributed by atoms with E-state index < -0.39 is 0 Å². The van der Waals surface area contributed by atoms with Crippen LogP contribution in [0.5, 0.6) is 0 Å². The fraction of sp³-hybridized carbons (Fsp3) is 0.188. The van der Waals surface area contributed by atoms with E-state index >= 15 is 0 Å². The molecule has 2 aromatic carbocycles. The van der Waals surface area contributed by atoms with Crippen LogP contribution in [0.25, 0.3) is 0 Å². The molecule has 1 aliphatic carbocycles. The van der Waals surface area contributed by atoms with Gasteiger partial charge in [-0.2, -0.15) is 0 Å². The molecule has 3 heteroatoms. The first-order chi connectivity index (χ1) is 9.24. The monoisotopic (exact) mass is 315 g/mol. The molecule has 2 nitrogen and oxygen atoms in total. The molecule has 1 saturated carbocycles. The summed E-state index contributed by atoms with van der Waals surface area (Å²) in [6.07, 6.45) is 0.951. The summed E-state index contributed by atoms with van der Waals surface area (Å²) < 4.78 is 1.01. The molecule has 0 bridgehead atoms. The average Bonchev–Trinajstić information content (AvgIpc) is 3.23. The van der Waals surface area contributed by atoms with Gasteiger partial charge in [-0.15, -0.1) is 0 Å². The van der Waals surface area contributed by atoms with Crippen LogP contribution in [0.15, 0.2) is 59.1 Å². The Hall–Kier alpha value is -1.61. The molecule has 1 N–H and O–H groups in total. The standard InChI is InChI=1S/C16H14BrNO/c17-12-6-8-13(9-7-12)18-16(19)15-10-14(15)11-4-2-1-3-5-11/h1-9,14-15H,10H2,(H,18,19)/t14-,15+/m0/s1. The Kier molecular flexibility index (Phi) is 3.38. The molecule has 0 aromatic heterocycles. The Balaban J connectivity index is 1.63. The SMILES string of the molecule is O=C(Nc1ccc(Br)cc1)[C@@H]1C[C@H]1c1ccccc1. The topological polar surface area (TPSA) is 29.1 Å². The van der Waals surface area contributed by atoms with Crippen molar-refractivity contribution in [2.45, 2.75) is 12.3 Å². The summed E-state index contributed by atoms with van der Waals surface area (Å²) in [6.45, 7) is 0. The molecule has 3 rings (SSSR count). The molecule has 0 spiro atoms. The predicted molar refractivity (Wildman–Crippen MR) is 80.1 cm³/mol. The zero-order valence-electron chi connectivity index (χ0n) is 10.3. The van der Waals surface area contributed by atoms with Crippen LogP contribution in [0.2, 0.25) is 0 Å². The number of amides is 1. The van der Waals surface area contributed by atoms with Gasteiger partial charge in [-0.05, 0) is 42.2 Å². The Morgan fingerprint density at radius 2 is 1.74 bits per heavy atom. The second-order valence-electron chi connectivity index (χ2n) is 4.86. The van der Waals surface area contributed by atoms with Crippen LogP contribution < -0.4 is 5.32 Å². The molecule has 2 atom stereocenters. The summed E-state index contributed by atoms with van der Waals surface area (Å²) in [6, 6.07) is 17.9. The normalized spacial score (nSPS) is 20.9. The lowest BCUT2D eigenvalue weighted by Gasteiger charge is -2.05. The minimum atomic E-state index is 0.117. The second kappa shape index (κ2) is 5.17. The maximum atomic E-state index is 12.1. The number of nitrogens with one attached hydrogen (secondary N) is 1. The number of halogens is 1. The summed E-state index contributed by atoms with van der Waals surface area (Å²) in [7, 11) is 0. The quantitative estimate of drug-likeness (QED) is 0.904. The Bertz CT molecular complexity index is 579. The molecule has 96 valence electrons. The minimum Gasteiger partial charge on any atom is -0.326 e. The van der Waals surface area contributed by atoms with Gasteiger partial charge in [-0.25, -0.2) is 0 Å². The summed E-state index contributed by atoms with van der Waals surface area (Å²) in [4.78, 5) is 12.1. The van der Waals surface area contributed by atoms with Crippen LogP contribution >= 0.6 is 15.9 Å². The van der Waals surface area contributed by atoms with Crippen molar-refractivity contribution in [2.24, 2.45) is 5.92 Å². The summed E-state index contributed by atoms with van der Waals surface area (Å²) >= 11 is 3.38. The Morgan fingerprint density at radius 1 is 1.05 bits per heavy atom. The van der Waals surface area contributed by atoms with Crippen LogP contribution in [0, 0.1) is 5.92 Å². The molecule has 1 aliphatic rings. The van der Waals surface area contributed by atoms with E-state index in [-0.39, 0.29) is 11.8 Å². The molecule has 0 radical (unpaired) electrons. The van der Waals surface area contributed by atoms with Crippen molar-refractivity contribution in [3.05, 3.63) is 64.6 Å². The highest BCUT2D eigenvalue weighted by Crippen LogP contribution is 2.47. The first kappa shape index (κ1) is 12.4. The number of benzene rings is 2. The fourth-order valence-corrected chi connectivity index (χ4v) is 2.59. The summed E-state index contributed by atoms with van der Waals surface area (Å²) in [5.41, 5.74) is 2.12. The number of hydrogen-bond acceptors (Lipinski definition) is 1. The Morgan fingerprint density at radius 3 is 2.42 bits per heavy atom. The van der Waals surface area contributed by atoms with Gasteiger partial charge in [-0.1, -0.05) is 46.3 Å². The summed E-state index contributed by atoms with van der Waals surface area (Å²) in [5.74, 6) is 0.624. The van der Waals surface area contributed by atoms with Crippen molar-refractivity contribution in [1.29, 1.82) is 0 Å². The highest BCUT2D eigenvalue weighted by Gasteiger charge is 2.43. The van der Waals surface area contributed by atoms with Crippen LogP contribution in [-0.4, -0.2) is 5.91 Å². The number of carbonyl (C=O) groups is 1. The van der Waals surface area contributed by atoms with Crippen molar-refractivity contribution >= 4 is 27.5 Å². The van der Waals surface area contributed by atoms with Gasteiger partial charge in [0, 0.05) is 16.1 Å². The van der Waals surface area contributed by atoms with E-state index in [1.807, 2.05) is 42.5 Å². The van der Waals surface area contributed by atoms with Crippen LogP contribution in [0.4, 0.5) is 5.69 Å². The zero-order valence-corrected chi connectivity index (χ0v) is 11.9. The number of anilines is 1. The third kappa shape index (κ3) is 2.87. The molecule has 2 aromatic rings. The molecular formula is C16H14BrNO.